The summed E-state index contributed by atoms with van der Waals surface area (Å²) < 4.78 is 5.32. The lowest BCUT2D eigenvalue weighted by molar-refractivity contribution is 0.0945. The van der Waals surface area contributed by atoms with Crippen LogP contribution in [0.15, 0.2) is 72.9 Å². The van der Waals surface area contributed by atoms with Crippen molar-refractivity contribution in [3.8, 4) is 5.75 Å². The number of para-hydroxylation sites is 2. The molecule has 0 unspecified atom stereocenters. The second-order valence-electron chi connectivity index (χ2n) is 5.97. The maximum Gasteiger partial charge on any atom is 0.270 e. The normalized spacial score (nSPS) is 10.3. The molecule has 1 amide bonds. The fourth-order valence-electron chi connectivity index (χ4n) is 2.95. The molecule has 0 radical (unpaired) electrons. The molecule has 3 rings (SSSR count). The fourth-order valence-corrected chi connectivity index (χ4v) is 2.95. The molecule has 3 aromatic rings. The zero-order chi connectivity index (χ0) is 19.1. The lowest BCUT2D eigenvalue weighted by atomic mass is 10.2. The monoisotopic (exact) mass is 361 g/mol. The molecule has 27 heavy (non-hydrogen) atoms. The molecule has 1 heterocycles. The Morgan fingerprint density at radius 2 is 1.78 bits per heavy atom. The van der Waals surface area contributed by atoms with Gasteiger partial charge in [-0.2, -0.15) is 0 Å². The SMILES string of the molecule is CCN(c1ccccc1)c1ccnc(C(=O)NCc2ccccc2OC)c1. The summed E-state index contributed by atoms with van der Waals surface area (Å²) in [5, 5.41) is 2.91. The summed E-state index contributed by atoms with van der Waals surface area (Å²) in [5.41, 5.74) is 3.31. The smallest absolute Gasteiger partial charge is 0.270 e. The molecular formula is C22H23N3O2. The van der Waals surface area contributed by atoms with Gasteiger partial charge in [0.1, 0.15) is 11.4 Å². The predicted octanol–water partition coefficient (Wildman–Crippen LogP) is 4.18. The number of anilines is 2. The standard InChI is InChI=1S/C22H23N3O2/c1-3-25(18-10-5-4-6-11-18)19-13-14-23-20(15-19)22(26)24-16-17-9-7-8-12-21(17)27-2/h4-15H,3,16H2,1-2H3,(H,24,26). The van der Waals surface area contributed by atoms with Crippen molar-refractivity contribution in [2.75, 3.05) is 18.6 Å². The molecule has 5 nitrogen and oxygen atoms in total. The average molecular weight is 361 g/mol. The molecular weight excluding hydrogens is 338 g/mol. The van der Waals surface area contributed by atoms with E-state index in [9.17, 15) is 4.79 Å². The summed E-state index contributed by atoms with van der Waals surface area (Å²) in [6.07, 6.45) is 1.67. The van der Waals surface area contributed by atoms with Crippen LogP contribution in [-0.2, 0) is 6.54 Å². The molecule has 0 fully saturated rings. The van der Waals surface area contributed by atoms with E-state index in [1.165, 1.54) is 0 Å². The van der Waals surface area contributed by atoms with Crippen molar-refractivity contribution in [3.05, 3.63) is 84.2 Å². The van der Waals surface area contributed by atoms with Gasteiger partial charge in [-0.15, -0.1) is 0 Å². The molecule has 0 aliphatic heterocycles. The average Bonchev–Trinajstić information content (AvgIpc) is 2.74. The highest BCUT2D eigenvalue weighted by Gasteiger charge is 2.13. The minimum atomic E-state index is -0.216. The van der Waals surface area contributed by atoms with Gasteiger partial charge < -0.3 is 15.0 Å². The first-order chi connectivity index (χ1) is 13.2. The van der Waals surface area contributed by atoms with Gasteiger partial charge in [-0.3, -0.25) is 9.78 Å². The first kappa shape index (κ1) is 18.5. The summed E-state index contributed by atoms with van der Waals surface area (Å²) in [5.74, 6) is 0.535. The van der Waals surface area contributed by atoms with E-state index in [4.69, 9.17) is 4.74 Å². The number of pyridine rings is 1. The molecule has 138 valence electrons. The van der Waals surface area contributed by atoms with Crippen LogP contribution in [0.4, 0.5) is 11.4 Å². The Morgan fingerprint density at radius 3 is 2.52 bits per heavy atom. The number of benzene rings is 2. The topological polar surface area (TPSA) is 54.5 Å². The summed E-state index contributed by atoms with van der Waals surface area (Å²) in [6.45, 7) is 3.25. The largest absolute Gasteiger partial charge is 0.496 e. The van der Waals surface area contributed by atoms with E-state index in [1.807, 2.05) is 66.7 Å². The first-order valence-electron chi connectivity index (χ1n) is 8.91. The van der Waals surface area contributed by atoms with Gasteiger partial charge in [0.2, 0.25) is 0 Å². The number of rotatable bonds is 7. The third kappa shape index (κ3) is 4.44. The Morgan fingerprint density at radius 1 is 1.04 bits per heavy atom. The molecule has 0 bridgehead atoms. The Balaban J connectivity index is 1.75. The number of hydrogen-bond acceptors (Lipinski definition) is 4. The number of amides is 1. The third-order valence-electron chi connectivity index (χ3n) is 4.30. The fraction of sp³-hybridized carbons (Fsp3) is 0.182. The molecule has 1 N–H and O–H groups in total. The van der Waals surface area contributed by atoms with Gasteiger partial charge in [-0.25, -0.2) is 0 Å². The van der Waals surface area contributed by atoms with Crippen molar-refractivity contribution in [1.29, 1.82) is 0 Å². The van der Waals surface area contributed by atoms with Crippen LogP contribution in [0.5, 0.6) is 5.75 Å². The van der Waals surface area contributed by atoms with Crippen LogP contribution in [0.2, 0.25) is 0 Å². The van der Waals surface area contributed by atoms with Crippen molar-refractivity contribution in [2.24, 2.45) is 0 Å². The lowest BCUT2D eigenvalue weighted by Gasteiger charge is -2.23. The van der Waals surface area contributed by atoms with Crippen molar-refractivity contribution < 1.29 is 9.53 Å². The molecule has 0 saturated heterocycles. The van der Waals surface area contributed by atoms with Crippen LogP contribution in [0.25, 0.3) is 0 Å². The second kappa shape index (κ2) is 8.85. The van der Waals surface area contributed by atoms with E-state index in [0.29, 0.717) is 12.2 Å². The van der Waals surface area contributed by atoms with Gasteiger partial charge in [-0.1, -0.05) is 36.4 Å². The number of methoxy groups -OCH3 is 1. The van der Waals surface area contributed by atoms with Crippen LogP contribution >= 0.6 is 0 Å². The summed E-state index contributed by atoms with van der Waals surface area (Å²) in [6, 6.07) is 21.4. The van der Waals surface area contributed by atoms with Crippen LogP contribution in [0, 0.1) is 0 Å². The van der Waals surface area contributed by atoms with Crippen LogP contribution in [-0.4, -0.2) is 24.5 Å². The Labute approximate surface area is 159 Å². The number of nitrogens with zero attached hydrogens (tertiary/aromatic N) is 2. The molecule has 0 spiro atoms. The summed E-state index contributed by atoms with van der Waals surface area (Å²) in [4.78, 5) is 19.0. The Kier molecular flexibility index (Phi) is 6.05. The highest BCUT2D eigenvalue weighted by molar-refractivity contribution is 5.93. The van der Waals surface area contributed by atoms with Crippen LogP contribution in [0.3, 0.4) is 0 Å². The van der Waals surface area contributed by atoms with E-state index in [2.05, 4.69) is 22.1 Å². The minimum Gasteiger partial charge on any atom is -0.496 e. The number of ether oxygens (including phenoxy) is 1. The zero-order valence-corrected chi connectivity index (χ0v) is 15.6. The minimum absolute atomic E-state index is 0.216. The summed E-state index contributed by atoms with van der Waals surface area (Å²) >= 11 is 0. The Hall–Kier alpha value is -3.34. The van der Waals surface area contributed by atoms with Crippen molar-refractivity contribution in [2.45, 2.75) is 13.5 Å². The quantitative estimate of drug-likeness (QED) is 0.686. The molecule has 0 aliphatic rings. The Bertz CT molecular complexity index is 897. The molecule has 0 atom stereocenters. The van der Waals surface area contributed by atoms with Crippen LogP contribution < -0.4 is 15.0 Å². The van der Waals surface area contributed by atoms with Gasteiger partial charge in [-0.05, 0) is 37.3 Å². The van der Waals surface area contributed by atoms with Crippen molar-refractivity contribution in [3.63, 3.8) is 0 Å². The van der Waals surface area contributed by atoms with Gasteiger partial charge in [0.05, 0.1) is 7.11 Å². The van der Waals surface area contributed by atoms with E-state index in [0.717, 1.165) is 29.2 Å². The van der Waals surface area contributed by atoms with E-state index in [-0.39, 0.29) is 5.91 Å². The van der Waals surface area contributed by atoms with Crippen molar-refractivity contribution in [1.82, 2.24) is 10.3 Å². The van der Waals surface area contributed by atoms with Gasteiger partial charge in [0, 0.05) is 36.2 Å². The van der Waals surface area contributed by atoms with Gasteiger partial charge in [0.15, 0.2) is 0 Å². The third-order valence-corrected chi connectivity index (χ3v) is 4.30. The number of hydrogen-bond donors (Lipinski definition) is 1. The van der Waals surface area contributed by atoms with Gasteiger partial charge in [0.25, 0.3) is 5.91 Å². The lowest BCUT2D eigenvalue weighted by Crippen LogP contribution is -2.24. The highest BCUT2D eigenvalue weighted by Crippen LogP contribution is 2.25. The van der Waals surface area contributed by atoms with Crippen molar-refractivity contribution >= 4 is 17.3 Å². The van der Waals surface area contributed by atoms with Gasteiger partial charge >= 0.3 is 0 Å². The maximum absolute atomic E-state index is 12.6. The van der Waals surface area contributed by atoms with E-state index >= 15 is 0 Å². The first-order valence-corrected chi connectivity index (χ1v) is 8.91. The second-order valence-corrected chi connectivity index (χ2v) is 5.97. The number of nitrogens with one attached hydrogen (secondary N) is 1. The number of aromatic nitrogens is 1. The molecule has 0 saturated carbocycles. The van der Waals surface area contributed by atoms with E-state index < -0.39 is 0 Å². The predicted molar refractivity (Wildman–Crippen MR) is 108 cm³/mol. The number of carbonyl (C=O) groups excluding carboxylic acids is 1. The zero-order valence-electron chi connectivity index (χ0n) is 15.6. The molecule has 2 aromatic carbocycles. The number of carbonyl (C=O) groups is 1. The highest BCUT2D eigenvalue weighted by atomic mass is 16.5. The summed E-state index contributed by atoms with van der Waals surface area (Å²) in [7, 11) is 1.62. The van der Waals surface area contributed by atoms with Crippen LogP contribution in [0.1, 0.15) is 23.0 Å². The molecule has 0 aliphatic carbocycles. The van der Waals surface area contributed by atoms with E-state index in [1.54, 1.807) is 13.3 Å². The molecule has 1 aromatic heterocycles. The molecule has 5 heteroatoms. The maximum atomic E-state index is 12.6.